The highest BCUT2D eigenvalue weighted by atomic mass is 16.2. The number of benzene rings is 4. The predicted octanol–water partition coefficient (Wildman–Crippen LogP) is 4.93. The number of carbonyl (C=O) groups excluding carboxylic acids is 4. The molecule has 1 aliphatic rings. The fraction of sp³-hybridized carbons (Fsp3) is 0. The van der Waals surface area contributed by atoms with Crippen LogP contribution in [0.1, 0.15) is 63.7 Å². The van der Waals surface area contributed by atoms with Crippen LogP contribution in [0.3, 0.4) is 0 Å². The fourth-order valence-electron chi connectivity index (χ4n) is 3.92. The quantitative estimate of drug-likeness (QED) is 0.273. The van der Waals surface area contributed by atoms with Gasteiger partial charge in [0.1, 0.15) is 0 Å². The molecule has 4 nitrogen and oxygen atoms in total. The summed E-state index contributed by atoms with van der Waals surface area (Å²) in [5, 5.41) is 0. The number of rotatable bonds is 0. The number of ketones is 4. The molecule has 0 spiro atoms. The Bertz CT molecular complexity index is 1470. The van der Waals surface area contributed by atoms with Gasteiger partial charge in [-0.15, -0.1) is 0 Å². The van der Waals surface area contributed by atoms with E-state index < -0.39 is 23.1 Å². The standard InChI is InChI=1S/C32H16O4/c33-29-25-13-5-1-9-21(25)17-18-22-10-2-6-14-26(22)31(35)32(36)28-16-8-4-12-24(28)20-19-23-11-3-7-15-27(23)30(29)34/h1-16H. The van der Waals surface area contributed by atoms with Crippen LogP contribution in [0, 0.1) is 23.7 Å². The third kappa shape index (κ3) is 4.16. The van der Waals surface area contributed by atoms with Crippen molar-refractivity contribution in [3.8, 4) is 23.7 Å². The van der Waals surface area contributed by atoms with Gasteiger partial charge in [-0.2, -0.15) is 0 Å². The first-order valence-corrected chi connectivity index (χ1v) is 11.1. The van der Waals surface area contributed by atoms with Crippen molar-refractivity contribution >= 4 is 23.1 Å². The predicted molar refractivity (Wildman–Crippen MR) is 135 cm³/mol. The van der Waals surface area contributed by atoms with Crippen molar-refractivity contribution in [2.24, 2.45) is 0 Å². The zero-order valence-corrected chi connectivity index (χ0v) is 18.9. The summed E-state index contributed by atoms with van der Waals surface area (Å²) in [5.74, 6) is 8.84. The summed E-state index contributed by atoms with van der Waals surface area (Å²) >= 11 is 0. The second kappa shape index (κ2) is 9.50. The molecule has 0 atom stereocenters. The van der Waals surface area contributed by atoms with E-state index in [2.05, 4.69) is 23.7 Å². The molecule has 4 aromatic rings. The van der Waals surface area contributed by atoms with Crippen molar-refractivity contribution in [3.63, 3.8) is 0 Å². The lowest BCUT2D eigenvalue weighted by atomic mass is 9.92. The summed E-state index contributed by atoms with van der Waals surface area (Å²) in [4.78, 5) is 53.1. The van der Waals surface area contributed by atoms with Crippen LogP contribution in [0.25, 0.3) is 0 Å². The molecule has 4 aromatic carbocycles. The fourth-order valence-corrected chi connectivity index (χ4v) is 3.92. The van der Waals surface area contributed by atoms with E-state index in [4.69, 9.17) is 0 Å². The Hall–Kier alpha value is -5.32. The molecule has 0 bridgehead atoms. The smallest absolute Gasteiger partial charge is 0.234 e. The van der Waals surface area contributed by atoms with Crippen LogP contribution in [0.4, 0.5) is 0 Å². The van der Waals surface area contributed by atoms with Gasteiger partial charge in [0.25, 0.3) is 0 Å². The van der Waals surface area contributed by atoms with Gasteiger partial charge in [-0.05, 0) is 48.5 Å². The second-order valence-electron chi connectivity index (χ2n) is 8.00. The van der Waals surface area contributed by atoms with Crippen molar-refractivity contribution in [1.29, 1.82) is 0 Å². The molecule has 0 aliphatic heterocycles. The third-order valence-electron chi connectivity index (χ3n) is 5.76. The Morgan fingerprint density at radius 2 is 0.500 bits per heavy atom. The molecule has 36 heavy (non-hydrogen) atoms. The van der Waals surface area contributed by atoms with Crippen LogP contribution >= 0.6 is 0 Å². The van der Waals surface area contributed by atoms with Gasteiger partial charge in [-0.3, -0.25) is 19.2 Å². The van der Waals surface area contributed by atoms with E-state index in [0.29, 0.717) is 22.3 Å². The lowest BCUT2D eigenvalue weighted by Crippen LogP contribution is -2.18. The van der Waals surface area contributed by atoms with Crippen molar-refractivity contribution in [2.75, 3.05) is 0 Å². The van der Waals surface area contributed by atoms with E-state index in [-0.39, 0.29) is 22.3 Å². The highest BCUT2D eigenvalue weighted by molar-refractivity contribution is 6.50. The molecule has 5 rings (SSSR count). The molecule has 0 saturated carbocycles. The number of hydrogen-bond donors (Lipinski definition) is 0. The molecule has 0 aromatic heterocycles. The Balaban J connectivity index is 1.78. The van der Waals surface area contributed by atoms with E-state index >= 15 is 0 Å². The SMILES string of the molecule is O=C1C(=O)c2ccccc2C#Cc2ccccc2C(=O)C(=O)c2ccccc2C#Cc2ccccc21. The molecule has 0 fully saturated rings. The maximum atomic E-state index is 13.3. The third-order valence-corrected chi connectivity index (χ3v) is 5.76. The minimum atomic E-state index is -0.707. The van der Waals surface area contributed by atoms with E-state index in [1.807, 2.05) is 0 Å². The lowest BCUT2D eigenvalue weighted by molar-refractivity contribution is 0.0816. The first-order chi connectivity index (χ1) is 17.5. The van der Waals surface area contributed by atoms with Crippen LogP contribution < -0.4 is 0 Å². The Morgan fingerprint density at radius 3 is 0.722 bits per heavy atom. The first-order valence-electron chi connectivity index (χ1n) is 11.1. The van der Waals surface area contributed by atoms with Gasteiger partial charge < -0.3 is 0 Å². The molecule has 4 heteroatoms. The van der Waals surface area contributed by atoms with Gasteiger partial charge in [-0.25, -0.2) is 0 Å². The van der Waals surface area contributed by atoms with E-state index in [0.717, 1.165) is 0 Å². The maximum absolute atomic E-state index is 13.3. The van der Waals surface area contributed by atoms with E-state index in [9.17, 15) is 19.2 Å². The summed E-state index contributed by atoms with van der Waals surface area (Å²) in [6.45, 7) is 0. The van der Waals surface area contributed by atoms with Crippen molar-refractivity contribution in [1.82, 2.24) is 0 Å². The summed E-state index contributed by atoms with van der Waals surface area (Å²) in [6, 6.07) is 26.2. The summed E-state index contributed by atoms with van der Waals surface area (Å²) < 4.78 is 0. The van der Waals surface area contributed by atoms with Gasteiger partial charge in [-0.1, -0.05) is 72.2 Å². The Morgan fingerprint density at radius 1 is 0.306 bits per heavy atom. The monoisotopic (exact) mass is 464 g/mol. The lowest BCUT2D eigenvalue weighted by Gasteiger charge is -2.07. The van der Waals surface area contributed by atoms with E-state index in [1.54, 1.807) is 97.1 Å². The normalized spacial score (nSPS) is 12.7. The number of carbonyl (C=O) groups is 4. The van der Waals surface area contributed by atoms with Gasteiger partial charge in [0.05, 0.1) is 0 Å². The molecule has 168 valence electrons. The zero-order valence-electron chi connectivity index (χ0n) is 18.9. The number of fused-ring (bicyclic) bond motifs is 4. The van der Waals surface area contributed by atoms with Crippen LogP contribution in [-0.4, -0.2) is 23.1 Å². The van der Waals surface area contributed by atoms with E-state index in [1.165, 1.54) is 0 Å². The minimum Gasteiger partial charge on any atom is -0.285 e. The van der Waals surface area contributed by atoms with Crippen molar-refractivity contribution in [3.05, 3.63) is 142 Å². The molecule has 0 saturated heterocycles. The Kier molecular flexibility index (Phi) is 5.93. The summed E-state index contributed by atoms with van der Waals surface area (Å²) in [6.07, 6.45) is 0. The highest BCUT2D eigenvalue weighted by Crippen LogP contribution is 2.19. The van der Waals surface area contributed by atoms with Gasteiger partial charge in [0.2, 0.25) is 23.1 Å². The first kappa shape index (κ1) is 22.5. The topological polar surface area (TPSA) is 68.3 Å². The molecule has 0 heterocycles. The van der Waals surface area contributed by atoms with Gasteiger partial charge >= 0.3 is 0 Å². The van der Waals surface area contributed by atoms with Crippen LogP contribution in [0.15, 0.2) is 97.1 Å². The highest BCUT2D eigenvalue weighted by Gasteiger charge is 2.24. The average Bonchev–Trinajstić information content (AvgIpc) is 2.93. The van der Waals surface area contributed by atoms with Crippen LogP contribution in [0.5, 0.6) is 0 Å². The van der Waals surface area contributed by atoms with Gasteiger partial charge in [0.15, 0.2) is 0 Å². The zero-order chi connectivity index (χ0) is 25.1. The molecule has 0 unspecified atom stereocenters. The average molecular weight is 464 g/mol. The Labute approximate surface area is 207 Å². The van der Waals surface area contributed by atoms with Gasteiger partial charge in [0, 0.05) is 44.5 Å². The van der Waals surface area contributed by atoms with Crippen molar-refractivity contribution < 1.29 is 19.2 Å². The largest absolute Gasteiger partial charge is 0.285 e. The molecule has 0 radical (unpaired) electrons. The number of hydrogen-bond acceptors (Lipinski definition) is 4. The van der Waals surface area contributed by atoms with Crippen LogP contribution in [0.2, 0.25) is 0 Å². The molecule has 0 N–H and O–H groups in total. The molecule has 1 aliphatic carbocycles. The summed E-state index contributed by atoms with van der Waals surface area (Å²) in [7, 11) is 0. The molecule has 0 amide bonds. The second-order valence-corrected chi connectivity index (χ2v) is 8.00. The molecular weight excluding hydrogens is 448 g/mol. The number of Topliss-reactive ketones (excluding diaryl/α,β-unsaturated/α-hetero) is 4. The maximum Gasteiger partial charge on any atom is 0.234 e. The minimum absolute atomic E-state index is 0.148. The van der Waals surface area contributed by atoms with Crippen molar-refractivity contribution in [2.45, 2.75) is 0 Å². The molecular formula is C32H16O4. The summed E-state index contributed by atoms with van der Waals surface area (Å²) in [5.41, 5.74) is 1.95. The van der Waals surface area contributed by atoms with Crippen LogP contribution in [-0.2, 0) is 0 Å².